The van der Waals surface area contributed by atoms with Gasteiger partial charge in [0.1, 0.15) is 9.34 Å². The molecule has 144 valence electrons. The van der Waals surface area contributed by atoms with E-state index in [1.165, 1.54) is 11.3 Å². The van der Waals surface area contributed by atoms with Crippen molar-refractivity contribution < 1.29 is 10.2 Å². The molecule has 0 fully saturated rings. The van der Waals surface area contributed by atoms with Crippen LogP contribution in [0.5, 0.6) is 0 Å². The quantitative estimate of drug-likeness (QED) is 0.459. The zero-order valence-corrected chi connectivity index (χ0v) is 16.7. The van der Waals surface area contributed by atoms with Crippen LogP contribution in [0, 0.1) is 6.92 Å². The predicted molar refractivity (Wildman–Crippen MR) is 108 cm³/mol. The highest BCUT2D eigenvalue weighted by molar-refractivity contribution is 7.16. The Kier molecular flexibility index (Phi) is 6.33. The van der Waals surface area contributed by atoms with Crippen molar-refractivity contribution in [3.05, 3.63) is 48.7 Å². The number of nitrogens with zero attached hydrogens (tertiary/aromatic N) is 2. The number of aliphatic hydroxyl groups is 2. The van der Waals surface area contributed by atoms with Gasteiger partial charge in [0.25, 0.3) is 5.56 Å². The van der Waals surface area contributed by atoms with Crippen LogP contribution in [0.25, 0.3) is 10.8 Å². The number of halogens is 2. The van der Waals surface area contributed by atoms with Crippen molar-refractivity contribution in [1.29, 1.82) is 0 Å². The van der Waals surface area contributed by atoms with Gasteiger partial charge in [0.15, 0.2) is 5.15 Å². The lowest BCUT2D eigenvalue weighted by atomic mass is 10.1. The molecule has 7 nitrogen and oxygen atoms in total. The number of fused-ring (bicyclic) bond motifs is 1. The summed E-state index contributed by atoms with van der Waals surface area (Å²) in [5.41, 5.74) is 1.13. The number of nitrogens with one attached hydrogen (secondary N) is 2. The van der Waals surface area contributed by atoms with Gasteiger partial charge in [-0.15, -0.1) is 11.3 Å². The Morgan fingerprint density at radius 3 is 2.78 bits per heavy atom. The van der Waals surface area contributed by atoms with Gasteiger partial charge >= 0.3 is 0 Å². The highest BCUT2D eigenvalue weighted by atomic mass is 35.5. The van der Waals surface area contributed by atoms with Gasteiger partial charge < -0.3 is 15.5 Å². The Bertz CT molecular complexity index is 988. The molecule has 10 heteroatoms. The van der Waals surface area contributed by atoms with Crippen LogP contribution in [-0.4, -0.2) is 38.1 Å². The minimum atomic E-state index is -0.732. The molecule has 0 saturated carbocycles. The van der Waals surface area contributed by atoms with Gasteiger partial charge in [-0.1, -0.05) is 29.3 Å². The molecule has 1 aromatic carbocycles. The first-order valence-electron chi connectivity index (χ1n) is 8.25. The molecule has 0 aliphatic rings. The van der Waals surface area contributed by atoms with E-state index < -0.39 is 6.10 Å². The Morgan fingerprint density at radius 1 is 1.33 bits per heavy atom. The molecule has 4 N–H and O–H groups in total. The van der Waals surface area contributed by atoms with E-state index in [9.17, 15) is 9.90 Å². The van der Waals surface area contributed by atoms with E-state index in [1.54, 1.807) is 6.07 Å². The number of hydrogen-bond acceptors (Lipinski definition) is 7. The number of benzene rings is 1. The van der Waals surface area contributed by atoms with Crippen LogP contribution in [0.1, 0.15) is 29.6 Å². The average Bonchev–Trinajstić information content (AvgIpc) is 2.97. The van der Waals surface area contributed by atoms with Crippen molar-refractivity contribution in [2.45, 2.75) is 31.9 Å². The minimum Gasteiger partial charge on any atom is -0.396 e. The molecule has 27 heavy (non-hydrogen) atoms. The Hall–Kier alpha value is -1.71. The van der Waals surface area contributed by atoms with Crippen LogP contribution in [0.15, 0.2) is 23.0 Å². The number of aromatic amines is 1. The van der Waals surface area contributed by atoms with Crippen molar-refractivity contribution in [3.63, 3.8) is 0 Å². The van der Waals surface area contributed by atoms with E-state index in [-0.39, 0.29) is 29.8 Å². The number of rotatable bonds is 7. The molecule has 0 spiro atoms. The lowest BCUT2D eigenvalue weighted by molar-refractivity contribution is 0.120. The fraction of sp³-hybridized carbons (Fsp3) is 0.353. The Morgan fingerprint density at radius 2 is 2.11 bits per heavy atom. The van der Waals surface area contributed by atoms with Crippen LogP contribution in [0.3, 0.4) is 0 Å². The van der Waals surface area contributed by atoms with E-state index in [0.717, 1.165) is 11.1 Å². The first-order valence-corrected chi connectivity index (χ1v) is 9.82. The second-order valence-corrected chi connectivity index (χ2v) is 8.10. The topological polar surface area (TPSA) is 111 Å². The second kappa shape index (κ2) is 8.53. The third kappa shape index (κ3) is 4.59. The van der Waals surface area contributed by atoms with Crippen molar-refractivity contribution in [2.75, 3.05) is 11.9 Å². The summed E-state index contributed by atoms with van der Waals surface area (Å²) >= 11 is 13.2. The number of hydrogen-bond donors (Lipinski definition) is 4. The van der Waals surface area contributed by atoms with Gasteiger partial charge in [-0.3, -0.25) is 4.79 Å². The van der Waals surface area contributed by atoms with Gasteiger partial charge in [0.05, 0.1) is 23.2 Å². The maximum Gasteiger partial charge on any atom is 0.272 e. The zero-order valence-electron chi connectivity index (χ0n) is 14.4. The third-order valence-electron chi connectivity index (χ3n) is 4.15. The summed E-state index contributed by atoms with van der Waals surface area (Å²) in [4.78, 5) is 16.3. The van der Waals surface area contributed by atoms with Crippen LogP contribution < -0.4 is 10.9 Å². The summed E-state index contributed by atoms with van der Waals surface area (Å²) in [5, 5.41) is 31.0. The molecule has 2 atom stereocenters. The molecule has 0 radical (unpaired) electrons. The average molecular weight is 429 g/mol. The maximum atomic E-state index is 12.1. The largest absolute Gasteiger partial charge is 0.396 e. The van der Waals surface area contributed by atoms with Crippen molar-refractivity contribution >= 4 is 51.0 Å². The molecule has 0 saturated heterocycles. The fourth-order valence-electron chi connectivity index (χ4n) is 2.80. The number of aliphatic hydroxyl groups excluding tert-OH is 2. The molecule has 3 rings (SSSR count). The van der Waals surface area contributed by atoms with Crippen LogP contribution in [0.4, 0.5) is 5.69 Å². The van der Waals surface area contributed by atoms with Gasteiger partial charge in [0, 0.05) is 24.1 Å². The highest BCUT2D eigenvalue weighted by Crippen LogP contribution is 2.35. The predicted octanol–water partition coefficient (Wildman–Crippen LogP) is 3.28. The lowest BCUT2D eigenvalue weighted by Gasteiger charge is -2.21. The van der Waals surface area contributed by atoms with E-state index in [1.807, 2.05) is 19.1 Å². The van der Waals surface area contributed by atoms with E-state index >= 15 is 0 Å². The maximum absolute atomic E-state index is 12.1. The summed E-state index contributed by atoms with van der Waals surface area (Å²) in [7, 11) is 0. The van der Waals surface area contributed by atoms with E-state index in [0.29, 0.717) is 26.8 Å². The Labute approximate surface area is 169 Å². The van der Waals surface area contributed by atoms with Crippen molar-refractivity contribution in [2.24, 2.45) is 0 Å². The first kappa shape index (κ1) is 20.0. The van der Waals surface area contributed by atoms with Crippen molar-refractivity contribution in [1.82, 2.24) is 15.2 Å². The summed E-state index contributed by atoms with van der Waals surface area (Å²) in [6.07, 6.45) is -0.193. The summed E-state index contributed by atoms with van der Waals surface area (Å²) < 4.78 is 0.367. The molecular weight excluding hydrogens is 411 g/mol. The van der Waals surface area contributed by atoms with E-state index in [2.05, 4.69) is 20.5 Å². The van der Waals surface area contributed by atoms with Crippen LogP contribution in [0.2, 0.25) is 9.49 Å². The SMILES string of the molecule is Cc1n[nH]c(=O)c2cc(NC(CC(O)CCO)c3nc(Cl)c(Cl)s3)ccc12. The van der Waals surface area contributed by atoms with Crippen LogP contribution >= 0.6 is 34.5 Å². The molecule has 2 heterocycles. The monoisotopic (exact) mass is 428 g/mol. The number of anilines is 1. The van der Waals surface area contributed by atoms with Crippen LogP contribution in [-0.2, 0) is 0 Å². The minimum absolute atomic E-state index is 0.120. The molecule has 0 aliphatic carbocycles. The van der Waals surface area contributed by atoms with Gasteiger partial charge in [-0.25, -0.2) is 10.1 Å². The molecule has 3 aromatic rings. The molecule has 2 unspecified atom stereocenters. The molecule has 0 amide bonds. The second-order valence-electron chi connectivity index (χ2n) is 6.11. The molecule has 0 aliphatic heterocycles. The van der Waals surface area contributed by atoms with E-state index in [4.69, 9.17) is 28.3 Å². The number of aryl methyl sites for hydroxylation is 1. The first-order chi connectivity index (χ1) is 12.9. The molecular formula is C17H18Cl2N4O3S. The standard InChI is InChI=1S/C17H18Cl2N4O3S/c1-8-11-3-2-9(6-12(11)16(26)23-22-8)20-13(7-10(25)4-5-24)17-21-14(18)15(19)27-17/h2-3,6,10,13,20,24-25H,4-5,7H2,1H3,(H,23,26). The van der Waals surface area contributed by atoms with Gasteiger partial charge in [-0.2, -0.15) is 5.10 Å². The third-order valence-corrected chi connectivity index (χ3v) is 6.00. The number of thiazole rings is 1. The van der Waals surface area contributed by atoms with Crippen molar-refractivity contribution in [3.8, 4) is 0 Å². The highest BCUT2D eigenvalue weighted by Gasteiger charge is 2.22. The fourth-order valence-corrected chi connectivity index (χ4v) is 4.08. The lowest BCUT2D eigenvalue weighted by Crippen LogP contribution is -2.20. The zero-order chi connectivity index (χ0) is 19.6. The van der Waals surface area contributed by atoms with Gasteiger partial charge in [0.2, 0.25) is 0 Å². The molecule has 0 bridgehead atoms. The summed E-state index contributed by atoms with van der Waals surface area (Å²) in [6.45, 7) is 1.70. The smallest absolute Gasteiger partial charge is 0.272 e. The summed E-state index contributed by atoms with van der Waals surface area (Å²) in [6, 6.07) is 4.99. The van der Waals surface area contributed by atoms with Gasteiger partial charge in [-0.05, 0) is 25.5 Å². The molecule has 2 aromatic heterocycles. The normalized spacial score (nSPS) is 13.7. The number of H-pyrrole nitrogens is 1. The number of aromatic nitrogens is 3. The Balaban J connectivity index is 1.94. The summed E-state index contributed by atoms with van der Waals surface area (Å²) in [5.74, 6) is 0.